The van der Waals surface area contributed by atoms with Gasteiger partial charge >= 0.3 is 5.69 Å². The summed E-state index contributed by atoms with van der Waals surface area (Å²) in [6.45, 7) is 7.70. The number of thioether (sulfide) groups is 1. The maximum absolute atomic E-state index is 12.4. The van der Waals surface area contributed by atoms with Crippen molar-refractivity contribution < 1.29 is 4.79 Å². The molecule has 34 heavy (non-hydrogen) atoms. The van der Waals surface area contributed by atoms with E-state index in [-0.39, 0.29) is 17.3 Å². The van der Waals surface area contributed by atoms with Crippen molar-refractivity contribution in [1.82, 2.24) is 19.7 Å². The molecule has 0 spiro atoms. The van der Waals surface area contributed by atoms with Gasteiger partial charge in [0.2, 0.25) is 5.91 Å². The Morgan fingerprint density at radius 2 is 1.79 bits per heavy atom. The molecule has 9 heteroatoms. The molecule has 3 aromatic rings. The minimum absolute atomic E-state index is 0.121. The maximum atomic E-state index is 12.4. The summed E-state index contributed by atoms with van der Waals surface area (Å²) in [6, 6.07) is 18.6. The summed E-state index contributed by atoms with van der Waals surface area (Å²) in [4.78, 5) is 29.2. The Kier molecular flexibility index (Phi) is 8.43. The van der Waals surface area contributed by atoms with Gasteiger partial charge in [0.05, 0.1) is 5.75 Å². The standard InChI is InChI=1S/C25H32N6O2S/c1-2-3-13-31-24(33)27-28-25(31)34-19-23(32)26-21-9-11-22(12-10-21)30-16-14-29(15-17-30)18-20-7-5-4-6-8-20/h4-12H,2-3,13-19H2,1H3,(H,26,32)(H,27,33). The smallest absolute Gasteiger partial charge is 0.343 e. The average Bonchev–Trinajstić information content (AvgIpc) is 3.22. The van der Waals surface area contributed by atoms with Crippen molar-refractivity contribution in [1.29, 1.82) is 0 Å². The van der Waals surface area contributed by atoms with E-state index in [1.807, 2.05) is 12.1 Å². The Bertz CT molecular complexity index is 1100. The van der Waals surface area contributed by atoms with Crippen molar-refractivity contribution in [2.75, 3.05) is 42.1 Å². The van der Waals surface area contributed by atoms with Crippen molar-refractivity contribution in [3.05, 3.63) is 70.6 Å². The molecule has 1 amide bonds. The van der Waals surface area contributed by atoms with Crippen LogP contribution in [0.25, 0.3) is 0 Å². The zero-order valence-corrected chi connectivity index (χ0v) is 20.4. The Labute approximate surface area is 204 Å². The van der Waals surface area contributed by atoms with Crippen molar-refractivity contribution in [2.24, 2.45) is 0 Å². The van der Waals surface area contributed by atoms with Crippen LogP contribution in [0.3, 0.4) is 0 Å². The second kappa shape index (κ2) is 11.9. The summed E-state index contributed by atoms with van der Waals surface area (Å²) in [5.74, 6) is 0.0754. The van der Waals surface area contributed by atoms with Crippen LogP contribution in [0.5, 0.6) is 0 Å². The number of aromatic nitrogens is 3. The molecule has 0 aliphatic carbocycles. The SMILES string of the molecule is CCCCn1c(SCC(=O)Nc2ccc(N3CCN(Cc4ccccc4)CC3)cc2)n[nH]c1=O. The van der Waals surface area contributed by atoms with Crippen molar-refractivity contribution in [3.8, 4) is 0 Å². The van der Waals surface area contributed by atoms with Gasteiger partial charge in [-0.1, -0.05) is 55.4 Å². The molecule has 180 valence electrons. The van der Waals surface area contributed by atoms with E-state index in [0.717, 1.165) is 51.3 Å². The van der Waals surface area contributed by atoms with Gasteiger partial charge in [-0.3, -0.25) is 14.3 Å². The van der Waals surface area contributed by atoms with Crippen LogP contribution in [0.4, 0.5) is 11.4 Å². The number of hydrogen-bond acceptors (Lipinski definition) is 6. The fraction of sp³-hybridized carbons (Fsp3) is 0.400. The van der Waals surface area contributed by atoms with E-state index in [9.17, 15) is 9.59 Å². The quantitative estimate of drug-likeness (QED) is 0.433. The summed E-state index contributed by atoms with van der Waals surface area (Å²) in [6.07, 6.45) is 1.88. The molecule has 0 bridgehead atoms. The third-order valence-electron chi connectivity index (χ3n) is 5.93. The first-order valence-electron chi connectivity index (χ1n) is 11.8. The number of hydrogen-bond donors (Lipinski definition) is 2. The average molecular weight is 481 g/mol. The highest BCUT2D eigenvalue weighted by Crippen LogP contribution is 2.21. The van der Waals surface area contributed by atoms with Crippen LogP contribution in [0.2, 0.25) is 0 Å². The van der Waals surface area contributed by atoms with Crippen LogP contribution in [0, 0.1) is 0 Å². The number of carbonyl (C=O) groups is 1. The van der Waals surface area contributed by atoms with Gasteiger partial charge in [0.25, 0.3) is 0 Å². The Balaban J connectivity index is 1.23. The number of anilines is 2. The lowest BCUT2D eigenvalue weighted by Crippen LogP contribution is -2.45. The fourth-order valence-corrected chi connectivity index (χ4v) is 4.79. The summed E-state index contributed by atoms with van der Waals surface area (Å²) in [7, 11) is 0. The van der Waals surface area contributed by atoms with Crippen LogP contribution in [-0.4, -0.2) is 57.5 Å². The Morgan fingerprint density at radius 1 is 1.06 bits per heavy atom. The molecule has 4 rings (SSSR count). The lowest BCUT2D eigenvalue weighted by molar-refractivity contribution is -0.113. The molecule has 1 saturated heterocycles. The minimum Gasteiger partial charge on any atom is -0.369 e. The maximum Gasteiger partial charge on any atom is 0.343 e. The summed E-state index contributed by atoms with van der Waals surface area (Å²) in [5.41, 5.74) is 3.06. The molecule has 0 saturated carbocycles. The number of nitrogens with zero attached hydrogens (tertiary/aromatic N) is 4. The predicted octanol–water partition coefficient (Wildman–Crippen LogP) is 3.42. The van der Waals surface area contributed by atoms with Crippen LogP contribution in [0.15, 0.2) is 64.5 Å². The van der Waals surface area contributed by atoms with Crippen molar-refractivity contribution >= 4 is 29.0 Å². The lowest BCUT2D eigenvalue weighted by Gasteiger charge is -2.36. The number of rotatable bonds is 10. The van der Waals surface area contributed by atoms with Gasteiger partial charge in [-0.05, 0) is 36.2 Å². The first-order valence-corrected chi connectivity index (χ1v) is 12.8. The zero-order chi connectivity index (χ0) is 23.8. The van der Waals surface area contributed by atoms with Gasteiger partial charge < -0.3 is 10.2 Å². The van der Waals surface area contributed by atoms with E-state index >= 15 is 0 Å². The number of benzene rings is 2. The molecule has 1 aliphatic rings. The van der Waals surface area contributed by atoms with Gasteiger partial charge in [-0.15, -0.1) is 5.10 Å². The molecule has 2 N–H and O–H groups in total. The highest BCUT2D eigenvalue weighted by Gasteiger charge is 2.17. The number of nitrogens with one attached hydrogen (secondary N) is 2. The first kappa shape index (κ1) is 24.1. The molecule has 1 aliphatic heterocycles. The predicted molar refractivity (Wildman–Crippen MR) is 137 cm³/mol. The monoisotopic (exact) mass is 480 g/mol. The van der Waals surface area contributed by atoms with E-state index in [4.69, 9.17) is 0 Å². The van der Waals surface area contributed by atoms with E-state index in [0.29, 0.717) is 11.7 Å². The van der Waals surface area contributed by atoms with Gasteiger partial charge in [0.1, 0.15) is 0 Å². The van der Waals surface area contributed by atoms with Crippen LogP contribution < -0.4 is 15.9 Å². The lowest BCUT2D eigenvalue weighted by atomic mass is 10.2. The van der Waals surface area contributed by atoms with Gasteiger partial charge in [0.15, 0.2) is 5.16 Å². The van der Waals surface area contributed by atoms with E-state index < -0.39 is 0 Å². The number of aromatic amines is 1. The van der Waals surface area contributed by atoms with E-state index in [1.165, 1.54) is 23.0 Å². The van der Waals surface area contributed by atoms with E-state index in [2.05, 4.69) is 74.7 Å². The molecule has 8 nitrogen and oxygen atoms in total. The second-order valence-electron chi connectivity index (χ2n) is 8.45. The molecule has 2 aromatic carbocycles. The van der Waals surface area contributed by atoms with Crippen LogP contribution in [-0.2, 0) is 17.9 Å². The second-order valence-corrected chi connectivity index (χ2v) is 9.39. The summed E-state index contributed by atoms with van der Waals surface area (Å²) in [5, 5.41) is 9.99. The molecule has 2 heterocycles. The number of H-pyrrole nitrogens is 1. The molecule has 1 fully saturated rings. The normalized spacial score (nSPS) is 14.3. The van der Waals surface area contributed by atoms with Crippen molar-refractivity contribution in [2.45, 2.75) is 38.0 Å². The highest BCUT2D eigenvalue weighted by molar-refractivity contribution is 7.99. The van der Waals surface area contributed by atoms with Crippen LogP contribution >= 0.6 is 11.8 Å². The van der Waals surface area contributed by atoms with Crippen LogP contribution in [0.1, 0.15) is 25.3 Å². The fourth-order valence-electron chi connectivity index (χ4n) is 4.02. The van der Waals surface area contributed by atoms with Gasteiger partial charge in [-0.25, -0.2) is 9.89 Å². The number of unbranched alkanes of at least 4 members (excludes halogenated alkanes) is 1. The summed E-state index contributed by atoms with van der Waals surface area (Å²) >= 11 is 1.27. The topological polar surface area (TPSA) is 86.3 Å². The third kappa shape index (κ3) is 6.51. The Morgan fingerprint density at radius 3 is 2.50 bits per heavy atom. The number of piperazine rings is 1. The molecule has 1 aromatic heterocycles. The number of carbonyl (C=O) groups excluding carboxylic acids is 1. The molecular formula is C25H32N6O2S. The minimum atomic E-state index is -0.229. The zero-order valence-electron chi connectivity index (χ0n) is 19.6. The first-order chi connectivity index (χ1) is 16.6. The molecule has 0 unspecified atom stereocenters. The summed E-state index contributed by atoms with van der Waals surface area (Å²) < 4.78 is 1.59. The largest absolute Gasteiger partial charge is 0.369 e. The molecule has 0 atom stereocenters. The van der Waals surface area contributed by atoms with E-state index in [1.54, 1.807) is 4.57 Å². The molecular weight excluding hydrogens is 448 g/mol. The number of amides is 1. The highest BCUT2D eigenvalue weighted by atomic mass is 32.2. The Hall–Kier alpha value is -3.04. The van der Waals surface area contributed by atoms with Crippen molar-refractivity contribution in [3.63, 3.8) is 0 Å². The molecule has 0 radical (unpaired) electrons. The van der Waals surface area contributed by atoms with Gasteiger partial charge in [-0.2, -0.15) is 0 Å². The third-order valence-corrected chi connectivity index (χ3v) is 6.90. The van der Waals surface area contributed by atoms with Gasteiger partial charge in [0, 0.05) is 50.6 Å².